The van der Waals surface area contributed by atoms with E-state index >= 15 is 0 Å². The van der Waals surface area contributed by atoms with Gasteiger partial charge in [-0.25, -0.2) is 10.8 Å². The Morgan fingerprint density at radius 1 is 1.11 bits per heavy atom. The summed E-state index contributed by atoms with van der Waals surface area (Å²) in [5, 5.41) is 0. The van der Waals surface area contributed by atoms with Gasteiger partial charge in [0.1, 0.15) is 11.6 Å². The fraction of sp³-hybridized carbons (Fsp3) is 0.643. The number of pyridine rings is 1. The number of hydrogen-bond acceptors (Lipinski definition) is 4. The van der Waals surface area contributed by atoms with Gasteiger partial charge in [0, 0.05) is 13.1 Å². The second-order valence-electron chi connectivity index (χ2n) is 5.72. The van der Waals surface area contributed by atoms with Gasteiger partial charge in [-0.2, -0.15) is 0 Å². The lowest BCUT2D eigenvalue weighted by atomic mass is 9.77. The summed E-state index contributed by atoms with van der Waals surface area (Å²) in [5.41, 5.74) is 3.28. The number of nitrogens with zero attached hydrogens (tertiary/aromatic N) is 2. The van der Waals surface area contributed by atoms with Crippen molar-refractivity contribution < 1.29 is 0 Å². The fourth-order valence-corrected chi connectivity index (χ4v) is 3.51. The van der Waals surface area contributed by atoms with Crippen molar-refractivity contribution in [3.8, 4) is 0 Å². The smallest absolute Gasteiger partial charge is 0.142 e. The van der Waals surface area contributed by atoms with Crippen molar-refractivity contribution in [3.63, 3.8) is 0 Å². The first kappa shape index (κ1) is 11.8. The van der Waals surface area contributed by atoms with Crippen LogP contribution in [-0.4, -0.2) is 18.1 Å². The topological polar surface area (TPSA) is 54.2 Å². The zero-order chi connectivity index (χ0) is 12.4. The van der Waals surface area contributed by atoms with Gasteiger partial charge in [-0.1, -0.05) is 18.9 Å². The molecule has 1 saturated carbocycles. The summed E-state index contributed by atoms with van der Waals surface area (Å²) >= 11 is 0. The van der Waals surface area contributed by atoms with E-state index in [1.807, 2.05) is 12.1 Å². The molecule has 1 aliphatic heterocycles. The molecule has 18 heavy (non-hydrogen) atoms. The molecule has 4 nitrogen and oxygen atoms in total. The first-order chi connectivity index (χ1) is 8.81. The van der Waals surface area contributed by atoms with Gasteiger partial charge in [-0.15, -0.1) is 0 Å². The Balaban J connectivity index is 1.68. The average molecular weight is 246 g/mol. The summed E-state index contributed by atoms with van der Waals surface area (Å²) in [5.74, 6) is 7.21. The number of nitrogens with two attached hydrogens (primary N) is 1. The van der Waals surface area contributed by atoms with Crippen molar-refractivity contribution in [2.45, 2.75) is 38.5 Å². The van der Waals surface area contributed by atoms with Crippen molar-refractivity contribution in [2.24, 2.45) is 11.3 Å². The summed E-state index contributed by atoms with van der Waals surface area (Å²) < 4.78 is 0. The van der Waals surface area contributed by atoms with E-state index in [1.54, 1.807) is 0 Å². The lowest BCUT2D eigenvalue weighted by Crippen LogP contribution is -2.39. The quantitative estimate of drug-likeness (QED) is 0.622. The molecule has 0 aromatic carbocycles. The highest BCUT2D eigenvalue weighted by atomic mass is 15.3. The predicted octanol–water partition coefficient (Wildman–Crippen LogP) is 2.53. The van der Waals surface area contributed by atoms with E-state index in [9.17, 15) is 0 Å². The van der Waals surface area contributed by atoms with Crippen molar-refractivity contribution in [1.29, 1.82) is 0 Å². The molecule has 1 aromatic rings. The summed E-state index contributed by atoms with van der Waals surface area (Å²) in [6, 6.07) is 5.98. The normalized spacial score (nSPS) is 22.4. The number of piperidine rings is 1. The van der Waals surface area contributed by atoms with Crippen LogP contribution < -0.4 is 16.2 Å². The van der Waals surface area contributed by atoms with Crippen LogP contribution in [0.15, 0.2) is 18.2 Å². The molecule has 0 bridgehead atoms. The highest BCUT2D eigenvalue weighted by Crippen LogP contribution is 2.46. The van der Waals surface area contributed by atoms with Crippen molar-refractivity contribution in [2.75, 3.05) is 23.4 Å². The lowest BCUT2D eigenvalue weighted by molar-refractivity contribution is 0.226. The Morgan fingerprint density at radius 3 is 2.50 bits per heavy atom. The van der Waals surface area contributed by atoms with Crippen molar-refractivity contribution in [1.82, 2.24) is 4.98 Å². The minimum absolute atomic E-state index is 0.667. The van der Waals surface area contributed by atoms with Gasteiger partial charge < -0.3 is 10.3 Å². The van der Waals surface area contributed by atoms with Crippen LogP contribution in [-0.2, 0) is 0 Å². The summed E-state index contributed by atoms with van der Waals surface area (Å²) in [6.45, 7) is 2.28. The van der Waals surface area contributed by atoms with Gasteiger partial charge in [0.2, 0.25) is 0 Å². The maximum absolute atomic E-state index is 5.41. The van der Waals surface area contributed by atoms with Gasteiger partial charge in [-0.05, 0) is 43.2 Å². The number of hydrazine groups is 1. The van der Waals surface area contributed by atoms with Gasteiger partial charge >= 0.3 is 0 Å². The number of nitrogens with one attached hydrogen (secondary N) is 1. The van der Waals surface area contributed by atoms with E-state index in [-0.39, 0.29) is 0 Å². The predicted molar refractivity (Wildman–Crippen MR) is 74.4 cm³/mol. The third kappa shape index (κ3) is 2.17. The van der Waals surface area contributed by atoms with E-state index < -0.39 is 0 Å². The molecular formula is C14H22N4. The van der Waals surface area contributed by atoms with Crippen LogP contribution in [0.3, 0.4) is 0 Å². The highest BCUT2D eigenvalue weighted by Gasteiger charge is 2.37. The van der Waals surface area contributed by atoms with Crippen molar-refractivity contribution >= 4 is 11.6 Å². The largest absolute Gasteiger partial charge is 0.357 e. The molecule has 4 heteroatoms. The Morgan fingerprint density at radius 2 is 1.83 bits per heavy atom. The van der Waals surface area contributed by atoms with Gasteiger partial charge in [0.05, 0.1) is 0 Å². The molecule has 1 aliphatic carbocycles. The molecule has 0 amide bonds. The Labute approximate surface area is 109 Å². The van der Waals surface area contributed by atoms with E-state index in [0.717, 1.165) is 24.7 Å². The van der Waals surface area contributed by atoms with Gasteiger partial charge in [-0.3, -0.25) is 0 Å². The first-order valence-corrected chi connectivity index (χ1v) is 7.00. The van der Waals surface area contributed by atoms with Crippen LogP contribution in [0.1, 0.15) is 38.5 Å². The Hall–Kier alpha value is -1.29. The average Bonchev–Trinajstić information content (AvgIpc) is 2.88. The van der Waals surface area contributed by atoms with Crippen LogP contribution in [0.2, 0.25) is 0 Å². The zero-order valence-electron chi connectivity index (χ0n) is 10.9. The van der Waals surface area contributed by atoms with Crippen LogP contribution in [0.4, 0.5) is 11.6 Å². The minimum atomic E-state index is 0.667. The summed E-state index contributed by atoms with van der Waals surface area (Å²) in [4.78, 5) is 6.91. The molecule has 2 fully saturated rings. The maximum Gasteiger partial charge on any atom is 0.142 e. The SMILES string of the molecule is NNc1cccc(N2CCC3(CCCC3)CC2)n1. The third-order valence-corrected chi connectivity index (χ3v) is 4.69. The van der Waals surface area contributed by atoms with E-state index in [1.165, 1.54) is 38.5 Å². The lowest BCUT2D eigenvalue weighted by Gasteiger charge is -2.40. The number of rotatable bonds is 2. The molecule has 98 valence electrons. The van der Waals surface area contributed by atoms with Crippen LogP contribution in [0, 0.1) is 5.41 Å². The number of anilines is 2. The molecule has 0 atom stereocenters. The third-order valence-electron chi connectivity index (χ3n) is 4.69. The van der Waals surface area contributed by atoms with Gasteiger partial charge in [0.25, 0.3) is 0 Å². The highest BCUT2D eigenvalue weighted by molar-refractivity contribution is 5.46. The second kappa shape index (κ2) is 4.76. The van der Waals surface area contributed by atoms with Crippen molar-refractivity contribution in [3.05, 3.63) is 18.2 Å². The molecule has 2 heterocycles. The molecule has 2 aliphatic rings. The van der Waals surface area contributed by atoms with Crippen LogP contribution in [0.25, 0.3) is 0 Å². The Kier molecular flexibility index (Phi) is 3.12. The first-order valence-electron chi connectivity index (χ1n) is 7.00. The second-order valence-corrected chi connectivity index (χ2v) is 5.72. The van der Waals surface area contributed by atoms with E-state index in [2.05, 4.69) is 21.4 Å². The minimum Gasteiger partial charge on any atom is -0.357 e. The number of aromatic nitrogens is 1. The number of hydrogen-bond donors (Lipinski definition) is 2. The van der Waals surface area contributed by atoms with Crippen LogP contribution in [0.5, 0.6) is 0 Å². The molecule has 1 spiro atoms. The number of nitrogen functional groups attached to an aromatic ring is 1. The van der Waals surface area contributed by atoms with Crippen LogP contribution >= 0.6 is 0 Å². The Bertz CT molecular complexity index is 402. The van der Waals surface area contributed by atoms with E-state index in [0.29, 0.717) is 5.41 Å². The molecular weight excluding hydrogens is 224 g/mol. The van der Waals surface area contributed by atoms with Gasteiger partial charge in [0.15, 0.2) is 0 Å². The molecule has 0 unspecified atom stereocenters. The zero-order valence-corrected chi connectivity index (χ0v) is 10.9. The maximum atomic E-state index is 5.41. The summed E-state index contributed by atoms with van der Waals surface area (Å²) in [7, 11) is 0. The molecule has 3 rings (SSSR count). The molecule has 3 N–H and O–H groups in total. The fourth-order valence-electron chi connectivity index (χ4n) is 3.51. The molecule has 1 saturated heterocycles. The standard InChI is InChI=1S/C14H22N4/c15-17-12-4-3-5-13(16-12)18-10-8-14(9-11-18)6-1-2-7-14/h3-5H,1-2,6-11,15H2,(H,16,17). The summed E-state index contributed by atoms with van der Waals surface area (Å²) in [6.07, 6.45) is 8.41. The monoisotopic (exact) mass is 246 g/mol. The molecule has 0 radical (unpaired) electrons. The molecule has 1 aromatic heterocycles. The van der Waals surface area contributed by atoms with E-state index in [4.69, 9.17) is 5.84 Å².